The van der Waals surface area contributed by atoms with Crippen molar-refractivity contribution >= 4 is 0 Å². The number of benzene rings is 1. The van der Waals surface area contributed by atoms with Crippen molar-refractivity contribution in [2.45, 2.75) is 102 Å². The average molecular weight is 423 g/mol. The summed E-state index contributed by atoms with van der Waals surface area (Å²) in [6.45, 7) is 3.13. The number of unbranched alkanes of at least 4 members (excludes halogenated alkanes) is 2. The summed E-state index contributed by atoms with van der Waals surface area (Å²) in [5, 5.41) is 0. The zero-order valence-corrected chi connectivity index (χ0v) is 18.3. The molecule has 1 nitrogen and oxygen atoms in total. The van der Waals surface area contributed by atoms with Crippen molar-refractivity contribution in [1.29, 1.82) is 0 Å². The average Bonchev–Trinajstić information content (AvgIpc) is 2.76. The van der Waals surface area contributed by atoms with E-state index in [2.05, 4.69) is 31.2 Å². The second-order valence-electron chi connectivity index (χ2n) is 9.23. The van der Waals surface area contributed by atoms with E-state index in [9.17, 15) is 13.2 Å². The Hall–Kier alpha value is -1.29. The summed E-state index contributed by atoms with van der Waals surface area (Å²) in [4.78, 5) is 0. The Kier molecular flexibility index (Phi) is 8.85. The first-order valence-electron chi connectivity index (χ1n) is 11.9. The van der Waals surface area contributed by atoms with Gasteiger partial charge >= 0.3 is 6.18 Å². The maximum Gasteiger partial charge on any atom is 0.409 e. The van der Waals surface area contributed by atoms with E-state index in [0.29, 0.717) is 24.0 Å². The summed E-state index contributed by atoms with van der Waals surface area (Å²) in [6.07, 6.45) is 10.1. The van der Waals surface area contributed by atoms with Crippen molar-refractivity contribution in [2.24, 2.45) is 5.92 Å². The Bertz CT molecular complexity index is 633. The molecule has 2 aliphatic rings. The summed E-state index contributed by atoms with van der Waals surface area (Å²) in [5.74, 6) is 1.20. The van der Waals surface area contributed by atoms with Gasteiger partial charge in [0, 0.05) is 12.7 Å². The fourth-order valence-corrected chi connectivity index (χ4v) is 5.10. The van der Waals surface area contributed by atoms with Crippen LogP contribution in [0.3, 0.4) is 0 Å². The Balaban J connectivity index is 1.42. The largest absolute Gasteiger partial charge is 0.409 e. The smallest absolute Gasteiger partial charge is 0.378 e. The molecule has 1 aromatic carbocycles. The number of hydrogen-bond acceptors (Lipinski definition) is 1. The van der Waals surface area contributed by atoms with Crippen LogP contribution in [0.4, 0.5) is 13.2 Å². The number of halogens is 3. The molecule has 30 heavy (non-hydrogen) atoms. The zero-order chi connectivity index (χ0) is 21.4. The van der Waals surface area contributed by atoms with Gasteiger partial charge in [0.2, 0.25) is 0 Å². The van der Waals surface area contributed by atoms with E-state index in [-0.39, 0.29) is 5.92 Å². The Labute approximate surface area is 180 Å². The van der Waals surface area contributed by atoms with Gasteiger partial charge in [0.25, 0.3) is 0 Å². The van der Waals surface area contributed by atoms with Crippen LogP contribution >= 0.6 is 0 Å². The molecular weight excluding hydrogens is 385 g/mol. The molecule has 0 unspecified atom stereocenters. The first-order chi connectivity index (χ1) is 14.4. The van der Waals surface area contributed by atoms with Crippen molar-refractivity contribution in [3.8, 4) is 0 Å². The van der Waals surface area contributed by atoms with Gasteiger partial charge in [0.05, 0.1) is 6.10 Å². The zero-order valence-electron chi connectivity index (χ0n) is 18.3. The van der Waals surface area contributed by atoms with Crippen molar-refractivity contribution in [3.63, 3.8) is 0 Å². The Morgan fingerprint density at radius 2 is 1.37 bits per heavy atom. The summed E-state index contributed by atoms with van der Waals surface area (Å²) in [5.41, 5.74) is 2.79. The second-order valence-corrected chi connectivity index (χ2v) is 9.23. The van der Waals surface area contributed by atoms with Crippen molar-refractivity contribution in [2.75, 3.05) is 6.61 Å². The number of rotatable bonds is 8. The fourth-order valence-electron chi connectivity index (χ4n) is 5.10. The lowest BCUT2D eigenvalue weighted by Crippen LogP contribution is -2.21. The maximum absolute atomic E-state index is 12.4. The molecule has 3 rings (SSSR count). The molecule has 0 radical (unpaired) electrons. The third kappa shape index (κ3) is 7.44. The van der Waals surface area contributed by atoms with Gasteiger partial charge in [0.15, 0.2) is 0 Å². The van der Waals surface area contributed by atoms with E-state index in [0.717, 1.165) is 45.1 Å². The van der Waals surface area contributed by atoms with E-state index in [1.807, 2.05) is 0 Å². The monoisotopic (exact) mass is 422 g/mol. The number of allylic oxidation sites excluding steroid dienone is 2. The van der Waals surface area contributed by atoms with Crippen LogP contribution in [0, 0.1) is 5.92 Å². The molecule has 0 amide bonds. The van der Waals surface area contributed by atoms with E-state index in [1.165, 1.54) is 49.3 Å². The number of alkyl halides is 3. The van der Waals surface area contributed by atoms with E-state index < -0.39 is 6.18 Å². The van der Waals surface area contributed by atoms with Crippen LogP contribution in [0.5, 0.6) is 0 Å². The number of hydrogen-bond donors (Lipinski definition) is 0. The van der Waals surface area contributed by atoms with Gasteiger partial charge in [-0.15, -0.1) is 0 Å². The molecule has 0 atom stereocenters. The predicted octanol–water partition coefficient (Wildman–Crippen LogP) is 8.31. The van der Waals surface area contributed by atoms with Crippen LogP contribution in [0.25, 0.3) is 0 Å². The van der Waals surface area contributed by atoms with Gasteiger partial charge in [-0.2, -0.15) is 13.2 Å². The lowest BCUT2D eigenvalue weighted by atomic mass is 9.77. The molecular formula is C26H37F3O. The highest BCUT2D eigenvalue weighted by Crippen LogP contribution is 2.39. The van der Waals surface area contributed by atoms with Gasteiger partial charge in [0.1, 0.15) is 0 Å². The summed E-state index contributed by atoms with van der Waals surface area (Å²) in [7, 11) is 0. The lowest BCUT2D eigenvalue weighted by molar-refractivity contribution is -0.0803. The molecule has 0 heterocycles. The van der Waals surface area contributed by atoms with Gasteiger partial charge < -0.3 is 4.74 Å². The molecule has 0 bridgehead atoms. The quantitative estimate of drug-likeness (QED) is 0.302. The lowest BCUT2D eigenvalue weighted by Gasteiger charge is -2.30. The molecule has 2 saturated carbocycles. The summed E-state index contributed by atoms with van der Waals surface area (Å²) in [6, 6.07) is 9.11. The van der Waals surface area contributed by atoms with E-state index >= 15 is 0 Å². The second kappa shape index (κ2) is 11.4. The highest BCUT2D eigenvalue weighted by molar-refractivity contribution is 5.28. The molecule has 0 N–H and O–H groups in total. The molecule has 0 aromatic heterocycles. The van der Waals surface area contributed by atoms with E-state index in [4.69, 9.17) is 4.74 Å². The van der Waals surface area contributed by atoms with Crippen LogP contribution < -0.4 is 0 Å². The molecule has 2 fully saturated rings. The topological polar surface area (TPSA) is 9.23 Å². The third-order valence-electron chi connectivity index (χ3n) is 6.98. The van der Waals surface area contributed by atoms with Crippen LogP contribution in [0.1, 0.15) is 101 Å². The van der Waals surface area contributed by atoms with Gasteiger partial charge in [-0.25, -0.2) is 0 Å². The number of ether oxygens (including phenoxy) is 1. The van der Waals surface area contributed by atoms with Gasteiger partial charge in [-0.1, -0.05) is 50.1 Å². The predicted molar refractivity (Wildman–Crippen MR) is 117 cm³/mol. The molecule has 4 heteroatoms. The molecule has 0 saturated heterocycles. The minimum atomic E-state index is -4.19. The van der Waals surface area contributed by atoms with E-state index in [1.54, 1.807) is 0 Å². The Morgan fingerprint density at radius 3 is 1.87 bits per heavy atom. The van der Waals surface area contributed by atoms with Gasteiger partial charge in [-0.05, 0) is 86.7 Å². The van der Waals surface area contributed by atoms with Crippen LogP contribution in [-0.4, -0.2) is 18.9 Å². The summed E-state index contributed by atoms with van der Waals surface area (Å²) < 4.78 is 43.1. The van der Waals surface area contributed by atoms with Gasteiger partial charge in [-0.3, -0.25) is 0 Å². The van der Waals surface area contributed by atoms with Crippen LogP contribution in [-0.2, 0) is 4.74 Å². The fraction of sp³-hybridized carbons (Fsp3) is 0.692. The van der Waals surface area contributed by atoms with Crippen molar-refractivity contribution in [1.82, 2.24) is 0 Å². The first kappa shape index (κ1) is 23.4. The minimum absolute atomic E-state index is 0.0709. The third-order valence-corrected chi connectivity index (χ3v) is 6.98. The van der Waals surface area contributed by atoms with Crippen molar-refractivity contribution < 1.29 is 17.9 Å². The SMILES string of the molecule is CCCCCOC1CCC(c2ccc(C3CCC(C=CC(F)(F)F)CC3)cc2)CC1. The normalized spacial score (nSPS) is 28.1. The highest BCUT2D eigenvalue weighted by Gasteiger charge is 2.26. The standard InChI is InChI=1S/C26H37F3O/c1-2-3-4-19-30-25-15-13-24(14-16-25)23-11-9-22(10-12-23)21-7-5-20(6-8-21)17-18-26(27,28)29/h9-12,17-18,20-21,24-25H,2-8,13-16,19H2,1H3. The van der Waals surface area contributed by atoms with Crippen molar-refractivity contribution in [3.05, 3.63) is 47.5 Å². The Morgan fingerprint density at radius 1 is 0.833 bits per heavy atom. The molecule has 0 aliphatic heterocycles. The van der Waals surface area contributed by atoms with Crippen LogP contribution in [0.15, 0.2) is 36.4 Å². The highest BCUT2D eigenvalue weighted by atomic mass is 19.4. The molecule has 0 spiro atoms. The van der Waals surface area contributed by atoms with Crippen LogP contribution in [0.2, 0.25) is 0 Å². The molecule has 168 valence electrons. The molecule has 1 aromatic rings. The first-order valence-corrected chi connectivity index (χ1v) is 11.9. The minimum Gasteiger partial charge on any atom is -0.378 e. The summed E-state index contributed by atoms with van der Waals surface area (Å²) >= 11 is 0. The maximum atomic E-state index is 12.4. The molecule has 2 aliphatic carbocycles.